The van der Waals surface area contributed by atoms with Gasteiger partial charge in [-0.15, -0.1) is 0 Å². The van der Waals surface area contributed by atoms with Crippen LogP contribution in [0.5, 0.6) is 0 Å². The van der Waals surface area contributed by atoms with Crippen molar-refractivity contribution in [1.29, 1.82) is 0 Å². The minimum absolute atomic E-state index is 0.0640. The summed E-state index contributed by atoms with van der Waals surface area (Å²) >= 11 is 0. The van der Waals surface area contributed by atoms with E-state index in [4.69, 9.17) is 4.52 Å². The Morgan fingerprint density at radius 3 is 2.39 bits per heavy atom. The van der Waals surface area contributed by atoms with Crippen LogP contribution in [0.25, 0.3) is 11.3 Å². The number of pyridine rings is 1. The van der Waals surface area contributed by atoms with Crippen molar-refractivity contribution in [3.63, 3.8) is 0 Å². The van der Waals surface area contributed by atoms with E-state index < -0.39 is 30.6 Å². The molecule has 2 N–H and O–H groups in total. The van der Waals surface area contributed by atoms with Crippen molar-refractivity contribution in [1.82, 2.24) is 4.98 Å². The Bertz CT molecular complexity index is 1240. The van der Waals surface area contributed by atoms with Crippen molar-refractivity contribution >= 4 is 14.0 Å². The van der Waals surface area contributed by atoms with Gasteiger partial charge in [0.15, 0.2) is 5.16 Å². The van der Waals surface area contributed by atoms with Crippen molar-refractivity contribution in [2.24, 2.45) is 5.92 Å². The summed E-state index contributed by atoms with van der Waals surface area (Å²) in [6.45, 7) is 5.53. The Morgan fingerprint density at radius 2 is 1.81 bits per heavy atom. The lowest BCUT2D eigenvalue weighted by Gasteiger charge is -2.43. The Morgan fingerprint density at radius 1 is 1.11 bits per heavy atom. The van der Waals surface area contributed by atoms with E-state index in [1.807, 2.05) is 44.2 Å². The molecule has 0 aliphatic carbocycles. The number of hydrogen-bond acceptors (Lipinski definition) is 5. The summed E-state index contributed by atoms with van der Waals surface area (Å²) in [4.78, 5) is 17.7. The van der Waals surface area contributed by atoms with Gasteiger partial charge in [-0.05, 0) is 61.1 Å². The molecule has 192 valence electrons. The highest BCUT2D eigenvalue weighted by molar-refractivity contribution is 7.42. The number of benzene rings is 2. The highest BCUT2D eigenvalue weighted by atomic mass is 31.1. The van der Waals surface area contributed by atoms with Gasteiger partial charge in [0, 0.05) is 19.1 Å². The zero-order valence-corrected chi connectivity index (χ0v) is 22.0. The number of hydrogen-bond donors (Lipinski definition) is 2. The Kier molecular flexibility index (Phi) is 8.83. The first-order valence-electron chi connectivity index (χ1n) is 11.9. The predicted octanol–water partition coefficient (Wildman–Crippen LogP) is 6.01. The molecule has 3 rings (SSSR count). The number of halogens is 1. The number of carboxylic acids is 1. The molecule has 3 unspecified atom stereocenters. The van der Waals surface area contributed by atoms with Crippen LogP contribution < -0.4 is 0 Å². The van der Waals surface area contributed by atoms with E-state index >= 15 is 0 Å². The second-order valence-electron chi connectivity index (χ2n) is 9.52. The molecule has 0 bridgehead atoms. The van der Waals surface area contributed by atoms with E-state index in [0.29, 0.717) is 23.2 Å². The molecular weight excluding hydrogens is 480 g/mol. The summed E-state index contributed by atoms with van der Waals surface area (Å²) in [5, 5.41) is 20.9. The van der Waals surface area contributed by atoms with Gasteiger partial charge >= 0.3 is 5.97 Å². The van der Waals surface area contributed by atoms with Crippen LogP contribution in [0.1, 0.15) is 43.5 Å². The summed E-state index contributed by atoms with van der Waals surface area (Å²) in [5.74, 6) is -1.79. The molecule has 0 radical (unpaired) electrons. The summed E-state index contributed by atoms with van der Waals surface area (Å²) < 4.78 is 32.6. The van der Waals surface area contributed by atoms with E-state index in [1.54, 1.807) is 25.1 Å². The van der Waals surface area contributed by atoms with Crippen LogP contribution in [0.2, 0.25) is 0 Å². The van der Waals surface area contributed by atoms with Crippen molar-refractivity contribution in [3.8, 4) is 11.3 Å². The van der Waals surface area contributed by atoms with Gasteiger partial charge in [-0.3, -0.25) is 9.36 Å². The third kappa shape index (κ3) is 5.44. The second kappa shape index (κ2) is 11.5. The molecule has 0 fully saturated rings. The van der Waals surface area contributed by atoms with Gasteiger partial charge in [0.1, 0.15) is 11.4 Å². The third-order valence-corrected chi connectivity index (χ3v) is 8.64. The lowest BCUT2D eigenvalue weighted by atomic mass is 9.74. The molecule has 0 saturated heterocycles. The standard InChI is InChI=1S/C28H33FNO5P/c1-19(2)15-16-28(26(31)32,36(34)35-4)27(33,18-22-13-14-23(29)17-20(22)3)25-12-8-11-24(30-25)21-9-6-5-7-10-21/h5-14,17,19,33,36H,15-16,18H2,1-4H3,(H,31,32). The number of aliphatic carboxylic acids is 1. The molecule has 0 aliphatic rings. The minimum Gasteiger partial charge on any atom is -0.480 e. The predicted molar refractivity (Wildman–Crippen MR) is 139 cm³/mol. The topological polar surface area (TPSA) is 96.7 Å². The molecule has 0 aliphatic heterocycles. The number of rotatable bonds is 11. The monoisotopic (exact) mass is 513 g/mol. The van der Waals surface area contributed by atoms with E-state index in [1.165, 1.54) is 25.3 Å². The first-order chi connectivity index (χ1) is 17.0. The van der Waals surface area contributed by atoms with Crippen LogP contribution in [0.15, 0.2) is 66.7 Å². The first-order valence-corrected chi connectivity index (χ1v) is 13.2. The van der Waals surface area contributed by atoms with Crippen LogP contribution in [-0.2, 0) is 25.9 Å². The summed E-state index contributed by atoms with van der Waals surface area (Å²) in [6.07, 6.45) is 0.0449. The van der Waals surface area contributed by atoms with Crippen LogP contribution >= 0.6 is 8.03 Å². The van der Waals surface area contributed by atoms with Crippen LogP contribution in [0.3, 0.4) is 0 Å². The second-order valence-corrected chi connectivity index (χ2v) is 11.4. The molecule has 1 heterocycles. The normalized spacial score (nSPS) is 15.8. The van der Waals surface area contributed by atoms with E-state index in [9.17, 15) is 24.0 Å². The Balaban J connectivity index is 2.32. The molecule has 8 heteroatoms. The maximum atomic E-state index is 13.9. The van der Waals surface area contributed by atoms with Crippen LogP contribution in [-0.4, -0.2) is 33.4 Å². The van der Waals surface area contributed by atoms with E-state index in [-0.39, 0.29) is 24.5 Å². The Hall–Kier alpha value is -2.86. The van der Waals surface area contributed by atoms with Gasteiger partial charge in [0.2, 0.25) is 8.03 Å². The number of aliphatic hydroxyl groups is 1. The van der Waals surface area contributed by atoms with Crippen LogP contribution in [0, 0.1) is 18.7 Å². The fraction of sp³-hybridized carbons (Fsp3) is 0.357. The van der Waals surface area contributed by atoms with Crippen molar-refractivity contribution in [2.75, 3.05) is 7.11 Å². The zero-order valence-electron chi connectivity index (χ0n) is 21.0. The fourth-order valence-electron chi connectivity index (χ4n) is 4.56. The lowest BCUT2D eigenvalue weighted by molar-refractivity contribution is -0.151. The maximum absolute atomic E-state index is 13.9. The summed E-state index contributed by atoms with van der Waals surface area (Å²) in [7, 11) is -2.17. The molecule has 36 heavy (non-hydrogen) atoms. The first kappa shape index (κ1) is 27.7. The van der Waals surface area contributed by atoms with Crippen LogP contribution in [0.4, 0.5) is 4.39 Å². The average Bonchev–Trinajstić information content (AvgIpc) is 2.86. The van der Waals surface area contributed by atoms with Gasteiger partial charge in [0.25, 0.3) is 0 Å². The highest BCUT2D eigenvalue weighted by Crippen LogP contribution is 2.56. The molecule has 0 spiro atoms. The third-order valence-electron chi connectivity index (χ3n) is 6.69. The molecule has 0 saturated carbocycles. The quantitative estimate of drug-likeness (QED) is 0.305. The molecular formula is C28H33FNO5P. The number of carbonyl (C=O) groups is 1. The van der Waals surface area contributed by atoms with E-state index in [0.717, 1.165) is 5.56 Å². The van der Waals surface area contributed by atoms with Crippen molar-refractivity contribution < 1.29 is 28.5 Å². The molecule has 3 atom stereocenters. The molecule has 2 aromatic carbocycles. The molecule has 6 nitrogen and oxygen atoms in total. The maximum Gasteiger partial charge on any atom is 0.322 e. The summed E-state index contributed by atoms with van der Waals surface area (Å²) in [6, 6.07) is 18.4. The van der Waals surface area contributed by atoms with Gasteiger partial charge in [-0.1, -0.05) is 56.3 Å². The van der Waals surface area contributed by atoms with Crippen molar-refractivity contribution in [2.45, 2.75) is 50.8 Å². The molecule has 0 amide bonds. The number of nitrogens with zero attached hydrogens (tertiary/aromatic N) is 1. The fourth-order valence-corrected chi connectivity index (χ4v) is 5.98. The minimum atomic E-state index is -3.36. The SMILES string of the molecule is CO[PH](=O)C(CCC(C)C)(C(=O)O)C(O)(Cc1ccc(F)cc1C)c1cccc(-c2ccccc2)n1. The number of aromatic nitrogens is 1. The average molecular weight is 514 g/mol. The van der Waals surface area contributed by atoms with Gasteiger partial charge in [0.05, 0.1) is 11.4 Å². The van der Waals surface area contributed by atoms with E-state index in [2.05, 4.69) is 4.98 Å². The largest absolute Gasteiger partial charge is 0.480 e. The molecule has 1 aromatic heterocycles. The molecule has 3 aromatic rings. The number of carboxylic acid groups (broad SMARTS) is 1. The smallest absolute Gasteiger partial charge is 0.322 e. The Labute approximate surface area is 212 Å². The summed E-state index contributed by atoms with van der Waals surface area (Å²) in [5.41, 5.74) is 0.200. The van der Waals surface area contributed by atoms with Gasteiger partial charge < -0.3 is 14.7 Å². The lowest BCUT2D eigenvalue weighted by Crippen LogP contribution is -2.57. The van der Waals surface area contributed by atoms with Crippen molar-refractivity contribution in [3.05, 3.63) is 89.4 Å². The number of aryl methyl sites for hydroxylation is 1. The van der Waals surface area contributed by atoms with Gasteiger partial charge in [-0.25, -0.2) is 9.37 Å². The highest BCUT2D eigenvalue weighted by Gasteiger charge is 2.62. The van der Waals surface area contributed by atoms with Gasteiger partial charge in [-0.2, -0.15) is 0 Å². The zero-order chi connectivity index (χ0) is 26.5.